The van der Waals surface area contributed by atoms with Crippen molar-refractivity contribution < 1.29 is 4.42 Å². The highest BCUT2D eigenvalue weighted by molar-refractivity contribution is 7.18. The molecule has 0 aliphatic rings. The van der Waals surface area contributed by atoms with Crippen molar-refractivity contribution in [3.8, 4) is 0 Å². The van der Waals surface area contributed by atoms with Crippen molar-refractivity contribution >= 4 is 21.6 Å². The van der Waals surface area contributed by atoms with Gasteiger partial charge in [0.2, 0.25) is 11.8 Å². The van der Waals surface area contributed by atoms with Crippen molar-refractivity contribution in [2.75, 3.05) is 7.05 Å². The zero-order chi connectivity index (χ0) is 16.4. The minimum Gasteiger partial charge on any atom is -0.424 e. The maximum Gasteiger partial charge on any atom is 0.233 e. The molecule has 0 aliphatic heterocycles. The summed E-state index contributed by atoms with van der Waals surface area (Å²) in [6.07, 6.45) is 0.821. The zero-order valence-corrected chi connectivity index (χ0v) is 14.8. The molecule has 0 aliphatic carbocycles. The molecular formula is C17H22N4OS. The molecule has 1 atom stereocenters. The lowest BCUT2D eigenvalue weighted by Crippen LogP contribution is -2.22. The van der Waals surface area contributed by atoms with Gasteiger partial charge in [0, 0.05) is 6.42 Å². The van der Waals surface area contributed by atoms with Crippen molar-refractivity contribution in [2.24, 2.45) is 5.92 Å². The Labute approximate surface area is 140 Å². The second-order valence-electron chi connectivity index (χ2n) is 6.30. The Kier molecular flexibility index (Phi) is 4.73. The number of hydrogen-bond acceptors (Lipinski definition) is 6. The van der Waals surface area contributed by atoms with E-state index >= 15 is 0 Å². The Morgan fingerprint density at radius 1 is 1.17 bits per heavy atom. The van der Waals surface area contributed by atoms with Gasteiger partial charge in [-0.25, -0.2) is 4.98 Å². The summed E-state index contributed by atoms with van der Waals surface area (Å²) >= 11 is 1.73. The predicted octanol–water partition coefficient (Wildman–Crippen LogP) is 4.07. The number of nitrogens with zero attached hydrogens (tertiary/aromatic N) is 4. The van der Waals surface area contributed by atoms with Crippen LogP contribution in [0.1, 0.15) is 43.6 Å². The van der Waals surface area contributed by atoms with Gasteiger partial charge < -0.3 is 4.42 Å². The van der Waals surface area contributed by atoms with E-state index in [4.69, 9.17) is 4.42 Å². The van der Waals surface area contributed by atoms with E-state index in [1.54, 1.807) is 11.3 Å². The highest BCUT2D eigenvalue weighted by Crippen LogP contribution is 2.25. The van der Waals surface area contributed by atoms with Crippen LogP contribution in [0, 0.1) is 5.92 Å². The fourth-order valence-electron chi connectivity index (χ4n) is 2.39. The third-order valence-electron chi connectivity index (χ3n) is 3.81. The van der Waals surface area contributed by atoms with Gasteiger partial charge >= 0.3 is 0 Å². The van der Waals surface area contributed by atoms with Crippen LogP contribution in [0.4, 0.5) is 0 Å². The minimum atomic E-state index is 0.0652. The fourth-order valence-corrected chi connectivity index (χ4v) is 3.42. The van der Waals surface area contributed by atoms with Crippen LogP contribution in [-0.4, -0.2) is 27.1 Å². The number of rotatable bonds is 6. The summed E-state index contributed by atoms with van der Waals surface area (Å²) in [4.78, 5) is 6.87. The molecule has 2 heterocycles. The summed E-state index contributed by atoms with van der Waals surface area (Å²) in [6.45, 7) is 7.14. The molecule has 0 fully saturated rings. The Morgan fingerprint density at radius 2 is 1.96 bits per heavy atom. The molecule has 0 spiro atoms. The lowest BCUT2D eigenvalue weighted by atomic mass is 10.1. The number of hydrogen-bond donors (Lipinski definition) is 0. The molecule has 0 saturated carbocycles. The van der Waals surface area contributed by atoms with E-state index in [-0.39, 0.29) is 6.04 Å². The number of benzene rings is 1. The Hall–Kier alpha value is -1.79. The summed E-state index contributed by atoms with van der Waals surface area (Å²) in [5.41, 5.74) is 1.06. The van der Waals surface area contributed by atoms with Gasteiger partial charge in [0.15, 0.2) is 0 Å². The lowest BCUT2D eigenvalue weighted by molar-refractivity contribution is 0.213. The largest absolute Gasteiger partial charge is 0.424 e. The van der Waals surface area contributed by atoms with Crippen LogP contribution in [0.2, 0.25) is 0 Å². The monoisotopic (exact) mass is 330 g/mol. The van der Waals surface area contributed by atoms with E-state index in [0.29, 0.717) is 11.8 Å². The molecule has 3 aromatic rings. The molecule has 122 valence electrons. The summed E-state index contributed by atoms with van der Waals surface area (Å²) in [7, 11) is 2.06. The Morgan fingerprint density at radius 3 is 2.70 bits per heavy atom. The van der Waals surface area contributed by atoms with E-state index in [0.717, 1.165) is 29.4 Å². The topological polar surface area (TPSA) is 55.1 Å². The number of fused-ring (bicyclic) bond motifs is 1. The molecular weight excluding hydrogens is 308 g/mol. The highest BCUT2D eigenvalue weighted by Gasteiger charge is 2.20. The molecule has 5 nitrogen and oxygen atoms in total. The summed E-state index contributed by atoms with van der Waals surface area (Å²) < 4.78 is 7.02. The molecule has 1 aromatic carbocycles. The molecule has 0 bridgehead atoms. The molecule has 3 rings (SSSR count). The van der Waals surface area contributed by atoms with Gasteiger partial charge in [0.05, 0.1) is 22.8 Å². The van der Waals surface area contributed by atoms with Crippen LogP contribution in [0.25, 0.3) is 10.2 Å². The van der Waals surface area contributed by atoms with Crippen LogP contribution < -0.4 is 0 Å². The van der Waals surface area contributed by atoms with Crippen molar-refractivity contribution in [2.45, 2.75) is 39.8 Å². The van der Waals surface area contributed by atoms with Crippen molar-refractivity contribution in [1.29, 1.82) is 0 Å². The normalized spacial score (nSPS) is 13.3. The average molecular weight is 330 g/mol. The van der Waals surface area contributed by atoms with Crippen LogP contribution in [0.5, 0.6) is 0 Å². The van der Waals surface area contributed by atoms with Gasteiger partial charge in [-0.15, -0.1) is 21.5 Å². The van der Waals surface area contributed by atoms with Crippen LogP contribution in [-0.2, 0) is 13.0 Å². The second-order valence-corrected chi connectivity index (χ2v) is 7.41. The summed E-state index contributed by atoms with van der Waals surface area (Å²) in [6, 6.07) is 8.29. The van der Waals surface area contributed by atoms with E-state index in [1.807, 2.05) is 12.1 Å². The van der Waals surface area contributed by atoms with Gasteiger partial charge in [-0.1, -0.05) is 26.0 Å². The lowest BCUT2D eigenvalue weighted by Gasteiger charge is -2.20. The Bertz CT molecular complexity index is 747. The van der Waals surface area contributed by atoms with Crippen LogP contribution >= 0.6 is 11.3 Å². The van der Waals surface area contributed by atoms with Crippen molar-refractivity contribution in [1.82, 2.24) is 20.1 Å². The van der Waals surface area contributed by atoms with E-state index < -0.39 is 0 Å². The molecule has 0 saturated heterocycles. The third-order valence-corrected chi connectivity index (χ3v) is 4.83. The first-order valence-corrected chi connectivity index (χ1v) is 8.71. The van der Waals surface area contributed by atoms with Crippen LogP contribution in [0.3, 0.4) is 0 Å². The second kappa shape index (κ2) is 6.76. The first kappa shape index (κ1) is 16.1. The molecule has 2 aromatic heterocycles. The maximum absolute atomic E-state index is 5.79. The van der Waals surface area contributed by atoms with E-state index in [1.165, 1.54) is 4.70 Å². The average Bonchev–Trinajstić information content (AvgIpc) is 3.11. The SMILES string of the molecule is CC(C)Cc1nnc(C(C)N(C)Cc2nc3ccccc3s2)o1. The molecule has 0 N–H and O–H groups in total. The van der Waals surface area contributed by atoms with E-state index in [2.05, 4.69) is 60.0 Å². The molecule has 6 heteroatoms. The first-order chi connectivity index (χ1) is 11.0. The van der Waals surface area contributed by atoms with Gasteiger partial charge in [0.25, 0.3) is 0 Å². The number of aromatic nitrogens is 3. The molecule has 1 unspecified atom stereocenters. The fraction of sp³-hybridized carbons (Fsp3) is 0.471. The summed E-state index contributed by atoms with van der Waals surface area (Å²) in [5, 5.41) is 9.44. The minimum absolute atomic E-state index is 0.0652. The molecule has 0 amide bonds. The van der Waals surface area contributed by atoms with E-state index in [9.17, 15) is 0 Å². The van der Waals surface area contributed by atoms with Crippen LogP contribution in [0.15, 0.2) is 28.7 Å². The molecule has 23 heavy (non-hydrogen) atoms. The number of para-hydroxylation sites is 1. The quantitative estimate of drug-likeness (QED) is 0.682. The Balaban J connectivity index is 1.69. The summed E-state index contributed by atoms with van der Waals surface area (Å²) in [5.74, 6) is 1.90. The third kappa shape index (κ3) is 3.76. The van der Waals surface area contributed by atoms with Gasteiger partial charge in [-0.2, -0.15) is 0 Å². The zero-order valence-electron chi connectivity index (χ0n) is 14.0. The van der Waals surface area contributed by atoms with Gasteiger partial charge in [0.1, 0.15) is 5.01 Å². The van der Waals surface area contributed by atoms with Gasteiger partial charge in [-0.3, -0.25) is 4.90 Å². The number of thiazole rings is 1. The maximum atomic E-state index is 5.79. The van der Waals surface area contributed by atoms with Crippen molar-refractivity contribution in [3.63, 3.8) is 0 Å². The first-order valence-electron chi connectivity index (χ1n) is 7.90. The predicted molar refractivity (Wildman–Crippen MR) is 92.3 cm³/mol. The highest BCUT2D eigenvalue weighted by atomic mass is 32.1. The van der Waals surface area contributed by atoms with Gasteiger partial charge in [-0.05, 0) is 32.0 Å². The van der Waals surface area contributed by atoms with Crippen molar-refractivity contribution in [3.05, 3.63) is 41.1 Å². The standard InChI is InChI=1S/C17H22N4OS/c1-11(2)9-15-19-20-17(22-15)12(3)21(4)10-16-18-13-7-5-6-8-14(13)23-16/h5-8,11-12H,9-10H2,1-4H3. The molecule has 0 radical (unpaired) electrons. The smallest absolute Gasteiger partial charge is 0.233 e.